The summed E-state index contributed by atoms with van der Waals surface area (Å²) >= 11 is 0. The van der Waals surface area contributed by atoms with Crippen LogP contribution in [0.4, 0.5) is 11.4 Å². The van der Waals surface area contributed by atoms with Crippen LogP contribution in [0.5, 0.6) is 0 Å². The molecule has 0 unspecified atom stereocenters. The molecule has 2 amide bonds. The molecule has 0 radical (unpaired) electrons. The van der Waals surface area contributed by atoms with E-state index in [1.54, 1.807) is 55.5 Å². The zero-order valence-electron chi connectivity index (χ0n) is 20.5. The Labute approximate surface area is 207 Å². The van der Waals surface area contributed by atoms with E-state index in [9.17, 15) is 26.4 Å². The van der Waals surface area contributed by atoms with Crippen LogP contribution >= 0.6 is 0 Å². The molecular formula is C23H32N4O6S2. The van der Waals surface area contributed by atoms with Crippen LogP contribution < -0.4 is 19.2 Å². The van der Waals surface area contributed by atoms with E-state index in [2.05, 4.69) is 10.6 Å². The number of sulfonamides is 2. The number of amides is 2. The molecule has 0 aliphatic rings. The van der Waals surface area contributed by atoms with E-state index in [0.29, 0.717) is 11.4 Å². The Balaban J connectivity index is 1.95. The molecule has 0 saturated heterocycles. The molecule has 12 heteroatoms. The van der Waals surface area contributed by atoms with Crippen molar-refractivity contribution < 1.29 is 26.4 Å². The molecular weight excluding hydrogens is 492 g/mol. The number of benzene rings is 2. The van der Waals surface area contributed by atoms with Crippen LogP contribution in [0, 0.1) is 13.8 Å². The lowest BCUT2D eigenvalue weighted by molar-refractivity contribution is -0.122. The maximum atomic E-state index is 12.5. The molecule has 10 nitrogen and oxygen atoms in total. The number of anilines is 2. The van der Waals surface area contributed by atoms with Gasteiger partial charge < -0.3 is 10.6 Å². The molecule has 2 aromatic rings. The Bertz CT molecular complexity index is 1240. The largest absolute Gasteiger partial charge is 0.352 e. The fraction of sp³-hybridized carbons (Fsp3) is 0.391. The molecule has 0 fully saturated rings. The highest BCUT2D eigenvalue weighted by Gasteiger charge is 2.23. The quantitative estimate of drug-likeness (QED) is 0.453. The number of nitrogens with one attached hydrogen (secondary N) is 2. The minimum atomic E-state index is -3.70. The van der Waals surface area contributed by atoms with Crippen LogP contribution in [0.3, 0.4) is 0 Å². The molecule has 0 aliphatic carbocycles. The zero-order chi connectivity index (χ0) is 26.4. The van der Waals surface area contributed by atoms with E-state index >= 15 is 0 Å². The van der Waals surface area contributed by atoms with Gasteiger partial charge in [-0.15, -0.1) is 0 Å². The van der Waals surface area contributed by atoms with E-state index < -0.39 is 51.0 Å². The van der Waals surface area contributed by atoms with E-state index in [4.69, 9.17) is 0 Å². The smallest absolute Gasteiger partial charge is 0.241 e. The van der Waals surface area contributed by atoms with Crippen molar-refractivity contribution in [3.8, 4) is 0 Å². The molecule has 0 spiro atoms. The van der Waals surface area contributed by atoms with Gasteiger partial charge in [0.15, 0.2) is 0 Å². The van der Waals surface area contributed by atoms with Gasteiger partial charge in [0.05, 0.1) is 23.9 Å². The van der Waals surface area contributed by atoms with E-state index in [1.165, 1.54) is 0 Å². The van der Waals surface area contributed by atoms with Gasteiger partial charge in [0, 0.05) is 12.6 Å². The number of nitrogens with zero attached hydrogens (tertiary/aromatic N) is 2. The maximum absolute atomic E-state index is 12.5. The summed E-state index contributed by atoms with van der Waals surface area (Å²) in [7, 11) is -7.40. The maximum Gasteiger partial charge on any atom is 0.241 e. The predicted molar refractivity (Wildman–Crippen MR) is 137 cm³/mol. The predicted octanol–water partition coefficient (Wildman–Crippen LogP) is 1.16. The van der Waals surface area contributed by atoms with E-state index in [-0.39, 0.29) is 6.54 Å². The summed E-state index contributed by atoms with van der Waals surface area (Å²) in [6, 6.07) is 12.9. The van der Waals surface area contributed by atoms with Gasteiger partial charge in [-0.05, 0) is 45.0 Å². The second-order valence-electron chi connectivity index (χ2n) is 8.48. The van der Waals surface area contributed by atoms with Gasteiger partial charge in [0.1, 0.15) is 13.1 Å². The lowest BCUT2D eigenvalue weighted by Crippen LogP contribution is -2.48. The van der Waals surface area contributed by atoms with Crippen LogP contribution in [-0.2, 0) is 29.6 Å². The first-order valence-corrected chi connectivity index (χ1v) is 14.5. The summed E-state index contributed by atoms with van der Waals surface area (Å²) in [5.41, 5.74) is 2.64. The standard InChI is InChI=1S/C23H32N4O6S2/c1-17-6-10-20(11-7-17)26(34(4,30)31)15-22(28)24-14-19(3)25-23(29)16-27(35(5,32)33)21-12-8-18(2)9-13-21/h6-13,19H,14-16H2,1-5H3,(H,24,28)(H,25,29)/t19-/m1/s1. The van der Waals surface area contributed by atoms with Crippen molar-refractivity contribution >= 4 is 43.2 Å². The van der Waals surface area contributed by atoms with Crippen molar-refractivity contribution in [1.82, 2.24) is 10.6 Å². The molecule has 0 heterocycles. The summed E-state index contributed by atoms with van der Waals surface area (Å²) in [5.74, 6) is -1.09. The summed E-state index contributed by atoms with van der Waals surface area (Å²) in [4.78, 5) is 24.9. The van der Waals surface area contributed by atoms with Gasteiger partial charge in [-0.1, -0.05) is 35.4 Å². The number of hydrogen-bond donors (Lipinski definition) is 2. The second-order valence-corrected chi connectivity index (χ2v) is 12.3. The summed E-state index contributed by atoms with van der Waals surface area (Å²) in [5, 5.41) is 5.25. The SMILES string of the molecule is Cc1ccc(N(CC(=O)NC[C@@H](C)NC(=O)CN(c2ccc(C)cc2)S(C)(=O)=O)S(C)(=O)=O)cc1. The monoisotopic (exact) mass is 524 g/mol. The molecule has 1 atom stereocenters. The number of rotatable bonds is 11. The van der Waals surface area contributed by atoms with Crippen LogP contribution in [-0.4, -0.2) is 66.8 Å². The van der Waals surface area contributed by atoms with Gasteiger partial charge in [0.25, 0.3) is 0 Å². The van der Waals surface area contributed by atoms with Crippen molar-refractivity contribution in [3.63, 3.8) is 0 Å². The van der Waals surface area contributed by atoms with Crippen molar-refractivity contribution in [3.05, 3.63) is 59.7 Å². The first kappa shape index (κ1) is 28.1. The number of hydrogen-bond acceptors (Lipinski definition) is 6. The van der Waals surface area contributed by atoms with Gasteiger partial charge in [-0.3, -0.25) is 18.2 Å². The van der Waals surface area contributed by atoms with Crippen LogP contribution in [0.1, 0.15) is 18.1 Å². The molecule has 2 N–H and O–H groups in total. The number of aryl methyl sites for hydroxylation is 2. The Morgan fingerprint density at radius 1 is 0.743 bits per heavy atom. The summed E-state index contributed by atoms with van der Waals surface area (Å²) in [6.45, 7) is 4.57. The first-order valence-electron chi connectivity index (χ1n) is 10.8. The van der Waals surface area contributed by atoms with Crippen LogP contribution in [0.15, 0.2) is 48.5 Å². The molecule has 192 valence electrons. The Hall–Kier alpha value is -3.12. The van der Waals surface area contributed by atoms with Crippen molar-refractivity contribution in [1.29, 1.82) is 0 Å². The molecule has 0 aromatic heterocycles. The lowest BCUT2D eigenvalue weighted by atomic mass is 10.2. The highest BCUT2D eigenvalue weighted by Crippen LogP contribution is 2.19. The molecule has 2 aromatic carbocycles. The normalized spacial score (nSPS) is 12.5. The Morgan fingerprint density at radius 2 is 1.11 bits per heavy atom. The van der Waals surface area contributed by atoms with Gasteiger partial charge >= 0.3 is 0 Å². The van der Waals surface area contributed by atoms with E-state index in [0.717, 1.165) is 32.2 Å². The molecule has 35 heavy (non-hydrogen) atoms. The number of carbonyl (C=O) groups excluding carboxylic acids is 2. The van der Waals surface area contributed by atoms with Crippen molar-refractivity contribution in [2.75, 3.05) is 40.8 Å². The van der Waals surface area contributed by atoms with Crippen molar-refractivity contribution in [2.45, 2.75) is 26.8 Å². The lowest BCUT2D eigenvalue weighted by Gasteiger charge is -2.24. The Morgan fingerprint density at radius 3 is 1.49 bits per heavy atom. The third kappa shape index (κ3) is 8.87. The average Bonchev–Trinajstić information content (AvgIpc) is 2.74. The fourth-order valence-corrected chi connectivity index (χ4v) is 4.89. The highest BCUT2D eigenvalue weighted by atomic mass is 32.2. The number of carbonyl (C=O) groups is 2. The summed E-state index contributed by atoms with van der Waals surface area (Å²) < 4.78 is 50.8. The van der Waals surface area contributed by atoms with Crippen molar-refractivity contribution in [2.24, 2.45) is 0 Å². The Kier molecular flexibility index (Phi) is 9.27. The highest BCUT2D eigenvalue weighted by molar-refractivity contribution is 7.92. The summed E-state index contributed by atoms with van der Waals surface area (Å²) in [6.07, 6.45) is 2.04. The molecule has 0 saturated carbocycles. The minimum absolute atomic E-state index is 0.0273. The molecule has 0 bridgehead atoms. The second kappa shape index (κ2) is 11.5. The first-order chi connectivity index (χ1) is 16.2. The third-order valence-electron chi connectivity index (χ3n) is 5.03. The average molecular weight is 525 g/mol. The van der Waals surface area contributed by atoms with E-state index in [1.807, 2.05) is 13.8 Å². The van der Waals surface area contributed by atoms with Crippen LogP contribution in [0.2, 0.25) is 0 Å². The minimum Gasteiger partial charge on any atom is -0.352 e. The molecule has 2 rings (SSSR count). The zero-order valence-corrected chi connectivity index (χ0v) is 22.1. The van der Waals surface area contributed by atoms with Crippen LogP contribution in [0.25, 0.3) is 0 Å². The van der Waals surface area contributed by atoms with Gasteiger partial charge in [-0.25, -0.2) is 16.8 Å². The van der Waals surface area contributed by atoms with Gasteiger partial charge in [-0.2, -0.15) is 0 Å². The molecule has 0 aliphatic heterocycles. The fourth-order valence-electron chi connectivity index (χ4n) is 3.18. The third-order valence-corrected chi connectivity index (χ3v) is 7.31. The van der Waals surface area contributed by atoms with Gasteiger partial charge in [0.2, 0.25) is 31.9 Å². The topological polar surface area (TPSA) is 133 Å².